The van der Waals surface area contributed by atoms with Gasteiger partial charge in [-0.2, -0.15) is 13.2 Å². The maximum absolute atomic E-state index is 13.0. The molecule has 2 aliphatic heterocycles. The average Bonchev–Trinajstić information content (AvgIpc) is 2.68. The molecule has 162 valence electrons. The zero-order valence-corrected chi connectivity index (χ0v) is 15.9. The van der Waals surface area contributed by atoms with Crippen LogP contribution in [-0.2, 0) is 20.9 Å². The molecule has 1 amide bonds. The van der Waals surface area contributed by atoms with Crippen molar-refractivity contribution in [3.05, 3.63) is 35.6 Å². The third-order valence-electron chi connectivity index (χ3n) is 5.10. The summed E-state index contributed by atoms with van der Waals surface area (Å²) in [6.45, 7) is 3.29. The minimum Gasteiger partial charge on any atom is -0.475 e. The SMILES string of the molecule is CNC(=O)[C@@H]1CCO[C@@H]2CCN(Cc3ccc(F)cc3)C[C@H]21.O=C(O)C(F)(F)F. The summed E-state index contributed by atoms with van der Waals surface area (Å²) in [7, 11) is 1.70. The maximum Gasteiger partial charge on any atom is 0.490 e. The molecular weight excluding hydrogens is 396 g/mol. The Morgan fingerprint density at radius 1 is 1.24 bits per heavy atom. The summed E-state index contributed by atoms with van der Waals surface area (Å²) in [5, 5.41) is 9.91. The Balaban J connectivity index is 0.000000370. The molecule has 29 heavy (non-hydrogen) atoms. The van der Waals surface area contributed by atoms with Crippen molar-refractivity contribution in [3.8, 4) is 0 Å². The summed E-state index contributed by atoms with van der Waals surface area (Å²) < 4.78 is 50.6. The lowest BCUT2D eigenvalue weighted by Gasteiger charge is -2.44. The molecule has 3 atom stereocenters. The molecule has 0 bridgehead atoms. The molecule has 6 nitrogen and oxygen atoms in total. The van der Waals surface area contributed by atoms with Crippen LogP contribution in [0.4, 0.5) is 17.6 Å². The fourth-order valence-electron chi connectivity index (χ4n) is 3.69. The third-order valence-corrected chi connectivity index (χ3v) is 5.10. The number of carbonyl (C=O) groups is 2. The van der Waals surface area contributed by atoms with Crippen molar-refractivity contribution < 1.29 is 37.0 Å². The van der Waals surface area contributed by atoms with Crippen molar-refractivity contribution in [2.24, 2.45) is 11.8 Å². The Kier molecular flexibility index (Phi) is 7.97. The molecule has 2 aliphatic rings. The molecule has 0 saturated carbocycles. The minimum absolute atomic E-state index is 0.0415. The van der Waals surface area contributed by atoms with Gasteiger partial charge in [0.2, 0.25) is 5.91 Å². The van der Waals surface area contributed by atoms with Crippen molar-refractivity contribution in [3.63, 3.8) is 0 Å². The summed E-state index contributed by atoms with van der Waals surface area (Å²) in [5.41, 5.74) is 1.10. The quantitative estimate of drug-likeness (QED) is 0.735. The number of aliphatic carboxylic acids is 1. The van der Waals surface area contributed by atoms with Crippen LogP contribution in [0, 0.1) is 17.7 Å². The highest BCUT2D eigenvalue weighted by Gasteiger charge is 2.41. The predicted octanol–water partition coefficient (Wildman–Crippen LogP) is 2.43. The monoisotopic (exact) mass is 420 g/mol. The second-order valence-electron chi connectivity index (χ2n) is 7.04. The molecule has 2 fully saturated rings. The van der Waals surface area contributed by atoms with Crippen molar-refractivity contribution >= 4 is 11.9 Å². The number of ether oxygens (including phenoxy) is 1. The number of carboxylic acid groups (broad SMARTS) is 1. The third kappa shape index (κ3) is 6.67. The first kappa shape index (κ1) is 23.1. The van der Waals surface area contributed by atoms with Gasteiger partial charge in [0.05, 0.1) is 6.10 Å². The number of likely N-dealkylation sites (tertiary alicyclic amines) is 1. The number of nitrogens with zero attached hydrogens (tertiary/aromatic N) is 1. The van der Waals surface area contributed by atoms with Crippen molar-refractivity contribution in [1.29, 1.82) is 0 Å². The van der Waals surface area contributed by atoms with Gasteiger partial charge in [-0.3, -0.25) is 9.69 Å². The molecule has 0 aromatic heterocycles. The average molecular weight is 420 g/mol. The molecule has 2 saturated heterocycles. The van der Waals surface area contributed by atoms with Crippen LogP contribution < -0.4 is 5.32 Å². The van der Waals surface area contributed by atoms with Crippen LogP contribution in [0.5, 0.6) is 0 Å². The molecule has 2 heterocycles. The van der Waals surface area contributed by atoms with Crippen LogP contribution in [0.1, 0.15) is 18.4 Å². The number of benzene rings is 1. The van der Waals surface area contributed by atoms with Gasteiger partial charge in [-0.15, -0.1) is 0 Å². The van der Waals surface area contributed by atoms with Crippen molar-refractivity contribution in [2.45, 2.75) is 31.7 Å². The lowest BCUT2D eigenvalue weighted by atomic mass is 9.79. The van der Waals surface area contributed by atoms with E-state index in [1.807, 2.05) is 12.1 Å². The van der Waals surface area contributed by atoms with Crippen LogP contribution in [-0.4, -0.2) is 60.9 Å². The smallest absolute Gasteiger partial charge is 0.475 e. The molecule has 10 heteroatoms. The molecule has 1 aromatic rings. The van der Waals surface area contributed by atoms with E-state index in [2.05, 4.69) is 10.2 Å². The number of rotatable bonds is 3. The van der Waals surface area contributed by atoms with Crippen LogP contribution >= 0.6 is 0 Å². The number of amides is 1. The predicted molar refractivity (Wildman–Crippen MR) is 95.4 cm³/mol. The van der Waals surface area contributed by atoms with E-state index in [0.29, 0.717) is 6.61 Å². The van der Waals surface area contributed by atoms with E-state index in [4.69, 9.17) is 14.6 Å². The van der Waals surface area contributed by atoms with Gasteiger partial charge in [0.1, 0.15) is 5.82 Å². The Labute approximate surface area is 165 Å². The van der Waals surface area contributed by atoms with Crippen LogP contribution in [0.2, 0.25) is 0 Å². The van der Waals surface area contributed by atoms with Gasteiger partial charge < -0.3 is 15.2 Å². The fourth-order valence-corrected chi connectivity index (χ4v) is 3.69. The van der Waals surface area contributed by atoms with Crippen LogP contribution in [0.15, 0.2) is 24.3 Å². The number of hydrogen-bond donors (Lipinski definition) is 2. The van der Waals surface area contributed by atoms with Gasteiger partial charge in [-0.1, -0.05) is 12.1 Å². The highest BCUT2D eigenvalue weighted by molar-refractivity contribution is 5.78. The Morgan fingerprint density at radius 3 is 2.41 bits per heavy atom. The van der Waals surface area contributed by atoms with E-state index in [1.54, 1.807) is 7.05 Å². The minimum atomic E-state index is -5.08. The largest absolute Gasteiger partial charge is 0.490 e. The van der Waals surface area contributed by atoms with Gasteiger partial charge in [0, 0.05) is 45.1 Å². The zero-order chi connectivity index (χ0) is 21.6. The Hall–Kier alpha value is -2.20. The molecule has 0 spiro atoms. The van der Waals surface area contributed by atoms with E-state index in [1.165, 1.54) is 12.1 Å². The Morgan fingerprint density at radius 2 is 1.86 bits per heavy atom. The molecule has 0 aliphatic carbocycles. The van der Waals surface area contributed by atoms with E-state index >= 15 is 0 Å². The normalized spacial score (nSPS) is 24.7. The lowest BCUT2D eigenvalue weighted by molar-refractivity contribution is -0.192. The van der Waals surface area contributed by atoms with Gasteiger partial charge >= 0.3 is 12.1 Å². The topological polar surface area (TPSA) is 78.9 Å². The first-order valence-electron chi connectivity index (χ1n) is 9.22. The lowest BCUT2D eigenvalue weighted by Crippen LogP contribution is -2.52. The number of carbonyl (C=O) groups excluding carboxylic acids is 1. The molecule has 3 rings (SSSR count). The zero-order valence-electron chi connectivity index (χ0n) is 15.9. The van der Waals surface area contributed by atoms with Gasteiger partial charge in [-0.05, 0) is 30.5 Å². The summed E-state index contributed by atoms with van der Waals surface area (Å²) in [6.07, 6.45) is -3.13. The fraction of sp³-hybridized carbons (Fsp3) is 0.579. The first-order valence-corrected chi connectivity index (χ1v) is 9.22. The number of alkyl halides is 3. The van der Waals surface area contributed by atoms with E-state index < -0.39 is 12.1 Å². The van der Waals surface area contributed by atoms with Gasteiger partial charge in [-0.25, -0.2) is 9.18 Å². The summed E-state index contributed by atoms with van der Waals surface area (Å²) >= 11 is 0. The highest BCUT2D eigenvalue weighted by atomic mass is 19.4. The maximum atomic E-state index is 13.0. The van der Waals surface area contributed by atoms with Crippen molar-refractivity contribution in [1.82, 2.24) is 10.2 Å². The second-order valence-corrected chi connectivity index (χ2v) is 7.04. The molecule has 1 aromatic carbocycles. The van der Waals surface area contributed by atoms with Gasteiger partial charge in [0.25, 0.3) is 0 Å². The summed E-state index contributed by atoms with van der Waals surface area (Å²) in [4.78, 5) is 23.3. The molecule has 0 radical (unpaired) electrons. The first-order chi connectivity index (χ1) is 13.6. The van der Waals surface area contributed by atoms with E-state index in [-0.39, 0.29) is 29.7 Å². The van der Waals surface area contributed by atoms with Crippen LogP contribution in [0.3, 0.4) is 0 Å². The van der Waals surface area contributed by atoms with Gasteiger partial charge in [0.15, 0.2) is 0 Å². The highest BCUT2D eigenvalue weighted by Crippen LogP contribution is 2.33. The number of nitrogens with one attached hydrogen (secondary N) is 1. The van der Waals surface area contributed by atoms with E-state index in [9.17, 15) is 22.4 Å². The number of carboxylic acids is 1. The molecular formula is C19H24F4N2O4. The number of piperidine rings is 1. The number of fused-ring (bicyclic) bond motifs is 1. The number of halogens is 4. The van der Waals surface area contributed by atoms with Crippen molar-refractivity contribution in [2.75, 3.05) is 26.7 Å². The number of hydrogen-bond acceptors (Lipinski definition) is 4. The Bertz CT molecular complexity index is 696. The standard InChI is InChI=1S/C17H23FN2O2.C2HF3O2/c1-19-17(21)14-7-9-22-16-6-8-20(11-15(14)16)10-12-2-4-13(18)5-3-12;3-2(4,5)1(6)7/h2-5,14-16H,6-11H2,1H3,(H,19,21);(H,6,7)/t14-,15+,16-;/m1./s1. The summed E-state index contributed by atoms with van der Waals surface area (Å²) in [5.74, 6) is -2.54. The molecule has 2 N–H and O–H groups in total. The molecule has 0 unspecified atom stereocenters. The second kappa shape index (κ2) is 10.0. The summed E-state index contributed by atoms with van der Waals surface area (Å²) in [6, 6.07) is 6.66. The van der Waals surface area contributed by atoms with Crippen LogP contribution in [0.25, 0.3) is 0 Å². The van der Waals surface area contributed by atoms with E-state index in [0.717, 1.165) is 38.0 Å².